The highest BCUT2D eigenvalue weighted by atomic mass is 16.5. The maximum atomic E-state index is 12.7. The molecule has 1 aromatic carbocycles. The van der Waals surface area contributed by atoms with Crippen LogP contribution in [0.4, 0.5) is 0 Å². The first kappa shape index (κ1) is 16.7. The number of rotatable bonds is 5. The Morgan fingerprint density at radius 3 is 2.79 bits per heavy atom. The van der Waals surface area contributed by atoms with Crippen molar-refractivity contribution in [1.29, 1.82) is 0 Å². The third-order valence-electron chi connectivity index (χ3n) is 4.21. The van der Waals surface area contributed by atoms with Gasteiger partial charge >= 0.3 is 0 Å². The zero-order chi connectivity index (χ0) is 16.9. The van der Waals surface area contributed by atoms with Gasteiger partial charge in [-0.1, -0.05) is 0 Å². The molecule has 0 spiro atoms. The third-order valence-corrected chi connectivity index (χ3v) is 4.21. The van der Waals surface area contributed by atoms with Gasteiger partial charge in [-0.05, 0) is 50.8 Å². The molecule has 128 valence electrons. The van der Waals surface area contributed by atoms with E-state index >= 15 is 0 Å². The standard InChI is InChI=1S/C18H24N4O2/c1-20(2)11-8-17-14-21(12-13-24-17)18(23)15-4-6-16(7-5-15)22-10-3-9-19-22/h3-7,9-10,17H,8,11-14H2,1-2H3/t17-/m1/s1. The molecule has 1 aliphatic heterocycles. The normalized spacial score (nSPS) is 18.1. The minimum Gasteiger partial charge on any atom is -0.374 e. The number of benzene rings is 1. The van der Waals surface area contributed by atoms with E-state index in [1.165, 1.54) is 0 Å². The van der Waals surface area contributed by atoms with Crippen molar-refractivity contribution in [2.45, 2.75) is 12.5 Å². The molecule has 1 fully saturated rings. The molecule has 2 heterocycles. The molecule has 0 saturated carbocycles. The van der Waals surface area contributed by atoms with Crippen LogP contribution in [-0.4, -0.2) is 71.9 Å². The highest BCUT2D eigenvalue weighted by Gasteiger charge is 2.25. The Hall–Kier alpha value is -2.18. The lowest BCUT2D eigenvalue weighted by Gasteiger charge is -2.33. The fraction of sp³-hybridized carbons (Fsp3) is 0.444. The van der Waals surface area contributed by atoms with E-state index in [9.17, 15) is 4.79 Å². The molecule has 0 unspecified atom stereocenters. The summed E-state index contributed by atoms with van der Waals surface area (Å²) < 4.78 is 7.56. The molecule has 0 bridgehead atoms. The lowest BCUT2D eigenvalue weighted by Crippen LogP contribution is -2.46. The second-order valence-electron chi connectivity index (χ2n) is 6.33. The molecule has 24 heavy (non-hydrogen) atoms. The average molecular weight is 328 g/mol. The van der Waals surface area contributed by atoms with Gasteiger partial charge in [-0.25, -0.2) is 4.68 Å². The monoisotopic (exact) mass is 328 g/mol. The molecule has 1 aliphatic rings. The first-order valence-electron chi connectivity index (χ1n) is 8.29. The van der Waals surface area contributed by atoms with Crippen LogP contribution in [0.5, 0.6) is 0 Å². The Morgan fingerprint density at radius 2 is 2.12 bits per heavy atom. The average Bonchev–Trinajstić information content (AvgIpc) is 3.14. The van der Waals surface area contributed by atoms with E-state index in [0.29, 0.717) is 25.3 Å². The molecular formula is C18H24N4O2. The zero-order valence-corrected chi connectivity index (χ0v) is 14.3. The van der Waals surface area contributed by atoms with Crippen molar-refractivity contribution in [3.63, 3.8) is 0 Å². The predicted molar refractivity (Wildman–Crippen MR) is 92.4 cm³/mol. The van der Waals surface area contributed by atoms with Crippen LogP contribution in [0.3, 0.4) is 0 Å². The first-order valence-corrected chi connectivity index (χ1v) is 8.29. The van der Waals surface area contributed by atoms with Crippen molar-refractivity contribution in [2.75, 3.05) is 40.3 Å². The van der Waals surface area contributed by atoms with Crippen molar-refractivity contribution in [1.82, 2.24) is 19.6 Å². The van der Waals surface area contributed by atoms with Gasteiger partial charge in [-0.2, -0.15) is 5.10 Å². The topological polar surface area (TPSA) is 50.6 Å². The quantitative estimate of drug-likeness (QED) is 0.838. The zero-order valence-electron chi connectivity index (χ0n) is 14.3. The Balaban J connectivity index is 1.63. The van der Waals surface area contributed by atoms with Crippen LogP contribution < -0.4 is 0 Å². The molecule has 6 heteroatoms. The summed E-state index contributed by atoms with van der Waals surface area (Å²) in [7, 11) is 4.10. The van der Waals surface area contributed by atoms with Gasteiger partial charge in [-0.15, -0.1) is 0 Å². The molecule has 1 atom stereocenters. The molecule has 0 N–H and O–H groups in total. The van der Waals surface area contributed by atoms with Gasteiger partial charge in [0.15, 0.2) is 0 Å². The van der Waals surface area contributed by atoms with Crippen LogP contribution in [0.1, 0.15) is 16.8 Å². The Morgan fingerprint density at radius 1 is 1.33 bits per heavy atom. The molecule has 3 rings (SSSR count). The molecule has 1 aromatic heterocycles. The van der Waals surface area contributed by atoms with Gasteiger partial charge in [-0.3, -0.25) is 4.79 Å². The van der Waals surface area contributed by atoms with Crippen LogP contribution in [0.2, 0.25) is 0 Å². The number of hydrogen-bond acceptors (Lipinski definition) is 4. The number of aromatic nitrogens is 2. The largest absolute Gasteiger partial charge is 0.374 e. The summed E-state index contributed by atoms with van der Waals surface area (Å²) in [5, 5.41) is 4.20. The van der Waals surface area contributed by atoms with Gasteiger partial charge in [0.05, 0.1) is 18.4 Å². The summed E-state index contributed by atoms with van der Waals surface area (Å²) in [6.45, 7) is 2.88. The van der Waals surface area contributed by atoms with Crippen molar-refractivity contribution < 1.29 is 9.53 Å². The number of amides is 1. The van der Waals surface area contributed by atoms with Crippen LogP contribution in [0.15, 0.2) is 42.7 Å². The van der Waals surface area contributed by atoms with Crippen molar-refractivity contribution >= 4 is 5.91 Å². The molecule has 1 saturated heterocycles. The second-order valence-corrected chi connectivity index (χ2v) is 6.33. The first-order chi connectivity index (χ1) is 11.6. The summed E-state index contributed by atoms with van der Waals surface area (Å²) in [4.78, 5) is 16.8. The molecular weight excluding hydrogens is 304 g/mol. The number of ether oxygens (including phenoxy) is 1. The maximum absolute atomic E-state index is 12.7. The summed E-state index contributed by atoms with van der Waals surface area (Å²) in [6.07, 6.45) is 4.68. The van der Waals surface area contributed by atoms with Crippen molar-refractivity contribution in [2.24, 2.45) is 0 Å². The molecule has 0 radical (unpaired) electrons. The fourth-order valence-corrected chi connectivity index (χ4v) is 2.84. The van der Waals surface area contributed by atoms with E-state index in [-0.39, 0.29) is 12.0 Å². The fourth-order valence-electron chi connectivity index (χ4n) is 2.84. The highest BCUT2D eigenvalue weighted by molar-refractivity contribution is 5.94. The van der Waals surface area contributed by atoms with E-state index in [1.807, 2.05) is 55.5 Å². The van der Waals surface area contributed by atoms with Gasteiger partial charge in [0, 0.05) is 37.6 Å². The van der Waals surface area contributed by atoms with Crippen molar-refractivity contribution in [3.05, 3.63) is 48.3 Å². The number of morpholine rings is 1. The van der Waals surface area contributed by atoms with Gasteiger partial charge in [0.1, 0.15) is 0 Å². The molecule has 0 aliphatic carbocycles. The molecule has 1 amide bonds. The van der Waals surface area contributed by atoms with Crippen molar-refractivity contribution in [3.8, 4) is 5.69 Å². The van der Waals surface area contributed by atoms with Crippen LogP contribution in [0, 0.1) is 0 Å². The minimum atomic E-state index is 0.0696. The van der Waals surface area contributed by atoms with Crippen LogP contribution >= 0.6 is 0 Å². The second kappa shape index (κ2) is 7.59. The molecule has 6 nitrogen and oxygen atoms in total. The van der Waals surface area contributed by atoms with Gasteiger partial charge in [0.2, 0.25) is 0 Å². The Bertz CT molecular complexity index is 652. The van der Waals surface area contributed by atoms with E-state index < -0.39 is 0 Å². The lowest BCUT2D eigenvalue weighted by atomic mass is 10.1. The van der Waals surface area contributed by atoms with E-state index in [1.54, 1.807) is 10.9 Å². The summed E-state index contributed by atoms with van der Waals surface area (Å²) >= 11 is 0. The van der Waals surface area contributed by atoms with E-state index in [4.69, 9.17) is 4.74 Å². The lowest BCUT2D eigenvalue weighted by molar-refractivity contribution is -0.0269. The molecule has 2 aromatic rings. The Kier molecular flexibility index (Phi) is 5.27. The van der Waals surface area contributed by atoms with Gasteiger partial charge in [0.25, 0.3) is 5.91 Å². The minimum absolute atomic E-state index is 0.0696. The van der Waals surface area contributed by atoms with E-state index in [0.717, 1.165) is 18.7 Å². The summed E-state index contributed by atoms with van der Waals surface area (Å²) in [5.41, 5.74) is 1.65. The van der Waals surface area contributed by atoms with Gasteiger partial charge < -0.3 is 14.5 Å². The SMILES string of the molecule is CN(C)CC[C@@H]1CN(C(=O)c2ccc(-n3cccn3)cc2)CCO1. The number of nitrogens with zero attached hydrogens (tertiary/aromatic N) is 4. The summed E-state index contributed by atoms with van der Waals surface area (Å²) in [6, 6.07) is 9.45. The maximum Gasteiger partial charge on any atom is 0.254 e. The number of carbonyl (C=O) groups is 1. The highest BCUT2D eigenvalue weighted by Crippen LogP contribution is 2.15. The smallest absolute Gasteiger partial charge is 0.254 e. The Labute approximate surface area is 142 Å². The predicted octanol–water partition coefficient (Wildman–Crippen LogP) is 1.66. The number of hydrogen-bond donors (Lipinski definition) is 0. The third kappa shape index (κ3) is 4.01. The van der Waals surface area contributed by atoms with Crippen LogP contribution in [0.25, 0.3) is 5.69 Å². The van der Waals surface area contributed by atoms with Crippen LogP contribution in [-0.2, 0) is 4.74 Å². The van der Waals surface area contributed by atoms with E-state index in [2.05, 4.69) is 10.00 Å². The summed E-state index contributed by atoms with van der Waals surface area (Å²) in [5.74, 6) is 0.0696. The number of carbonyl (C=O) groups excluding carboxylic acids is 1.